The highest BCUT2D eigenvalue weighted by molar-refractivity contribution is 6.30. The van der Waals surface area contributed by atoms with E-state index in [-0.39, 0.29) is 35.5 Å². The van der Waals surface area contributed by atoms with E-state index in [2.05, 4.69) is 58.8 Å². The van der Waals surface area contributed by atoms with E-state index in [0.29, 0.717) is 0 Å². The van der Waals surface area contributed by atoms with Crippen LogP contribution in [0.2, 0.25) is 10.0 Å². The molecular formula is C34H48Cl2N4O2. The van der Waals surface area contributed by atoms with Crippen LogP contribution in [0.15, 0.2) is 48.5 Å². The summed E-state index contributed by atoms with van der Waals surface area (Å²) in [6, 6.07) is 16.0. The van der Waals surface area contributed by atoms with Gasteiger partial charge in [0.2, 0.25) is 11.8 Å². The van der Waals surface area contributed by atoms with Crippen LogP contribution < -0.4 is 10.6 Å². The monoisotopic (exact) mass is 614 g/mol. The maximum atomic E-state index is 13.1. The Morgan fingerprint density at radius 3 is 1.38 bits per heavy atom. The van der Waals surface area contributed by atoms with Gasteiger partial charge in [-0.05, 0) is 100 Å². The Balaban J connectivity index is 1.08. The van der Waals surface area contributed by atoms with E-state index in [0.717, 1.165) is 101 Å². The number of halogens is 2. The number of benzene rings is 2. The van der Waals surface area contributed by atoms with E-state index in [1.807, 2.05) is 24.3 Å². The number of carbonyl (C=O) groups is 2. The Hall–Kier alpha value is -2.12. The van der Waals surface area contributed by atoms with Gasteiger partial charge in [0, 0.05) is 36.2 Å². The fraction of sp³-hybridized carbons (Fsp3) is 0.588. The van der Waals surface area contributed by atoms with Crippen molar-refractivity contribution in [3.05, 3.63) is 69.7 Å². The van der Waals surface area contributed by atoms with Gasteiger partial charge in [-0.3, -0.25) is 9.59 Å². The molecular weight excluding hydrogens is 567 g/mol. The Kier molecular flexibility index (Phi) is 13.0. The number of amides is 2. The first kappa shape index (κ1) is 32.8. The molecule has 2 saturated heterocycles. The molecule has 0 saturated carbocycles. The van der Waals surface area contributed by atoms with Crippen molar-refractivity contribution in [2.45, 2.75) is 63.2 Å². The molecule has 8 heteroatoms. The fourth-order valence-electron chi connectivity index (χ4n) is 6.62. The predicted octanol–water partition coefficient (Wildman–Crippen LogP) is 6.34. The van der Waals surface area contributed by atoms with Crippen LogP contribution in [-0.2, 0) is 9.59 Å². The molecule has 2 aliphatic rings. The summed E-state index contributed by atoms with van der Waals surface area (Å²) >= 11 is 12.2. The van der Waals surface area contributed by atoms with Gasteiger partial charge in [0.1, 0.15) is 0 Å². The average molecular weight is 616 g/mol. The second kappa shape index (κ2) is 16.7. The third kappa shape index (κ3) is 9.70. The van der Waals surface area contributed by atoms with Gasteiger partial charge in [0.15, 0.2) is 0 Å². The lowest BCUT2D eigenvalue weighted by Gasteiger charge is -2.36. The van der Waals surface area contributed by atoms with E-state index in [4.69, 9.17) is 23.2 Å². The van der Waals surface area contributed by atoms with Crippen molar-refractivity contribution in [3.63, 3.8) is 0 Å². The Labute approximate surface area is 262 Å². The van der Waals surface area contributed by atoms with E-state index in [1.54, 1.807) is 0 Å². The van der Waals surface area contributed by atoms with Gasteiger partial charge in [-0.25, -0.2) is 0 Å². The van der Waals surface area contributed by atoms with Crippen molar-refractivity contribution < 1.29 is 9.59 Å². The van der Waals surface area contributed by atoms with Crippen LogP contribution in [0.25, 0.3) is 0 Å². The highest BCUT2D eigenvalue weighted by Gasteiger charge is 2.35. The summed E-state index contributed by atoms with van der Waals surface area (Å²) in [4.78, 5) is 30.7. The molecule has 2 aromatic carbocycles. The Morgan fingerprint density at radius 1 is 0.643 bits per heavy atom. The number of piperidine rings is 2. The maximum Gasteiger partial charge on any atom is 0.225 e. The summed E-state index contributed by atoms with van der Waals surface area (Å²) < 4.78 is 0. The summed E-state index contributed by atoms with van der Waals surface area (Å²) in [7, 11) is 4.19. The fourth-order valence-corrected chi connectivity index (χ4v) is 6.87. The van der Waals surface area contributed by atoms with Crippen LogP contribution in [0.4, 0.5) is 0 Å². The van der Waals surface area contributed by atoms with Gasteiger partial charge in [0.25, 0.3) is 0 Å². The summed E-state index contributed by atoms with van der Waals surface area (Å²) in [5.41, 5.74) is 2.41. The number of hydrogen-bond acceptors (Lipinski definition) is 4. The first-order valence-corrected chi connectivity index (χ1v) is 16.5. The molecule has 0 bridgehead atoms. The minimum atomic E-state index is -0.0318. The topological polar surface area (TPSA) is 64.7 Å². The lowest BCUT2D eigenvalue weighted by Crippen LogP contribution is -2.45. The second-order valence-corrected chi connectivity index (χ2v) is 13.2. The third-order valence-electron chi connectivity index (χ3n) is 9.10. The Morgan fingerprint density at radius 2 is 1.00 bits per heavy atom. The molecule has 0 aliphatic carbocycles. The zero-order valence-corrected chi connectivity index (χ0v) is 26.8. The molecule has 0 spiro atoms. The minimum Gasteiger partial charge on any atom is -0.356 e. The normalized spacial score (nSPS) is 23.4. The SMILES string of the molecule is CN1CC[C@@H](c2ccc(Cl)cc2)[C@H](C(=O)NCCCCCCCCNC(=O)[C@@H]2CN(C)CC[C@H]2c2ccc(Cl)cc2)C1. The molecule has 2 fully saturated rings. The molecule has 230 valence electrons. The third-order valence-corrected chi connectivity index (χ3v) is 9.61. The largest absolute Gasteiger partial charge is 0.356 e. The van der Waals surface area contributed by atoms with Crippen molar-refractivity contribution in [1.82, 2.24) is 20.4 Å². The molecule has 42 heavy (non-hydrogen) atoms. The van der Waals surface area contributed by atoms with E-state index in [1.165, 1.54) is 11.1 Å². The smallest absolute Gasteiger partial charge is 0.225 e. The lowest BCUT2D eigenvalue weighted by molar-refractivity contribution is -0.128. The quantitative estimate of drug-likeness (QED) is 0.259. The van der Waals surface area contributed by atoms with E-state index in [9.17, 15) is 9.59 Å². The number of rotatable bonds is 13. The highest BCUT2D eigenvalue weighted by Crippen LogP contribution is 2.34. The van der Waals surface area contributed by atoms with Crippen molar-refractivity contribution in [1.29, 1.82) is 0 Å². The molecule has 6 nitrogen and oxygen atoms in total. The predicted molar refractivity (Wildman–Crippen MR) is 173 cm³/mol. The Bertz CT molecular complexity index is 1040. The lowest BCUT2D eigenvalue weighted by atomic mass is 9.80. The molecule has 0 radical (unpaired) electrons. The first-order valence-electron chi connectivity index (χ1n) is 15.7. The molecule has 4 atom stereocenters. The van der Waals surface area contributed by atoms with Crippen molar-refractivity contribution in [3.8, 4) is 0 Å². The molecule has 2 heterocycles. The van der Waals surface area contributed by atoms with Gasteiger partial charge in [-0.15, -0.1) is 0 Å². The second-order valence-electron chi connectivity index (χ2n) is 12.3. The van der Waals surface area contributed by atoms with Gasteiger partial charge in [0.05, 0.1) is 11.8 Å². The number of hydrogen-bond donors (Lipinski definition) is 2. The summed E-state index contributed by atoms with van der Waals surface area (Å²) in [6.07, 6.45) is 8.47. The number of unbranched alkanes of at least 4 members (excludes halogenated alkanes) is 5. The standard InChI is InChI=1S/C34H48Cl2N4O2/c1-39-21-17-29(25-9-13-27(35)14-10-25)31(23-39)33(41)37-19-7-5-3-4-6-8-20-38-34(42)32-24-40(2)22-18-30(32)26-11-15-28(36)16-12-26/h9-16,29-32H,3-8,17-24H2,1-2H3,(H,37,41)(H,38,42)/t29-,30-,31+,32+/m0/s1. The summed E-state index contributed by atoms with van der Waals surface area (Å²) in [6.45, 7) is 5.04. The molecule has 0 unspecified atom stereocenters. The van der Waals surface area contributed by atoms with Crippen LogP contribution >= 0.6 is 23.2 Å². The zero-order chi connectivity index (χ0) is 29.9. The number of nitrogens with one attached hydrogen (secondary N) is 2. The summed E-state index contributed by atoms with van der Waals surface area (Å²) in [5.74, 6) is 0.744. The van der Waals surface area contributed by atoms with E-state index < -0.39 is 0 Å². The highest BCUT2D eigenvalue weighted by atomic mass is 35.5. The zero-order valence-electron chi connectivity index (χ0n) is 25.3. The van der Waals surface area contributed by atoms with Gasteiger partial charge < -0.3 is 20.4 Å². The molecule has 2 aliphatic heterocycles. The van der Waals surface area contributed by atoms with Crippen LogP contribution in [0, 0.1) is 11.8 Å². The number of likely N-dealkylation sites (tertiary alicyclic amines) is 2. The first-order chi connectivity index (χ1) is 20.3. The van der Waals surface area contributed by atoms with Gasteiger partial charge in [-0.2, -0.15) is 0 Å². The minimum absolute atomic E-state index is 0.0318. The van der Waals surface area contributed by atoms with Crippen LogP contribution in [0.5, 0.6) is 0 Å². The number of nitrogens with zero attached hydrogens (tertiary/aromatic N) is 2. The maximum absolute atomic E-state index is 13.1. The van der Waals surface area contributed by atoms with Crippen molar-refractivity contribution in [2.24, 2.45) is 11.8 Å². The molecule has 2 amide bonds. The average Bonchev–Trinajstić information content (AvgIpc) is 2.99. The van der Waals surface area contributed by atoms with Crippen LogP contribution in [0.1, 0.15) is 74.3 Å². The molecule has 4 rings (SSSR count). The van der Waals surface area contributed by atoms with Gasteiger partial charge in [-0.1, -0.05) is 73.2 Å². The van der Waals surface area contributed by atoms with Crippen LogP contribution in [-0.4, -0.2) is 75.0 Å². The molecule has 0 aromatic heterocycles. The van der Waals surface area contributed by atoms with Crippen molar-refractivity contribution >= 4 is 35.0 Å². The number of carbonyl (C=O) groups excluding carboxylic acids is 2. The van der Waals surface area contributed by atoms with Gasteiger partial charge >= 0.3 is 0 Å². The van der Waals surface area contributed by atoms with Crippen LogP contribution in [0.3, 0.4) is 0 Å². The molecule has 2 aromatic rings. The molecule has 2 N–H and O–H groups in total. The summed E-state index contributed by atoms with van der Waals surface area (Å²) in [5, 5.41) is 7.88. The van der Waals surface area contributed by atoms with E-state index >= 15 is 0 Å². The van der Waals surface area contributed by atoms with Crippen molar-refractivity contribution in [2.75, 3.05) is 53.4 Å².